The minimum Gasteiger partial charge on any atom is -0.372 e. The molecular formula is C19H23NO. The highest BCUT2D eigenvalue weighted by Gasteiger charge is 2.33. The van der Waals surface area contributed by atoms with Gasteiger partial charge in [-0.3, -0.25) is 0 Å². The molecule has 1 unspecified atom stereocenters. The summed E-state index contributed by atoms with van der Waals surface area (Å²) in [5.74, 6) is 0. The van der Waals surface area contributed by atoms with Gasteiger partial charge in [0.2, 0.25) is 0 Å². The van der Waals surface area contributed by atoms with Crippen molar-refractivity contribution in [3.05, 3.63) is 71.3 Å². The summed E-state index contributed by atoms with van der Waals surface area (Å²) < 4.78 is 6.25. The maximum atomic E-state index is 6.25. The molecule has 21 heavy (non-hydrogen) atoms. The van der Waals surface area contributed by atoms with Gasteiger partial charge in [-0.15, -0.1) is 0 Å². The highest BCUT2D eigenvalue weighted by Crippen LogP contribution is 2.25. The van der Waals surface area contributed by atoms with Crippen LogP contribution in [0.1, 0.15) is 16.7 Å². The Balaban J connectivity index is 1.82. The molecule has 2 heteroatoms. The molecule has 0 amide bonds. The fourth-order valence-corrected chi connectivity index (χ4v) is 3.16. The first-order valence-corrected chi connectivity index (χ1v) is 7.70. The van der Waals surface area contributed by atoms with Gasteiger partial charge in [0.1, 0.15) is 0 Å². The lowest BCUT2D eigenvalue weighted by Crippen LogP contribution is -2.52. The van der Waals surface area contributed by atoms with Crippen LogP contribution in [0.3, 0.4) is 0 Å². The lowest BCUT2D eigenvalue weighted by molar-refractivity contribution is -0.0649. The van der Waals surface area contributed by atoms with Crippen molar-refractivity contribution in [1.29, 1.82) is 0 Å². The van der Waals surface area contributed by atoms with Crippen molar-refractivity contribution in [2.75, 3.05) is 19.7 Å². The van der Waals surface area contributed by atoms with Gasteiger partial charge in [-0.1, -0.05) is 60.2 Å². The molecule has 110 valence electrons. The molecule has 1 saturated heterocycles. The molecule has 0 saturated carbocycles. The number of nitrogens with one attached hydrogen (secondary N) is 1. The van der Waals surface area contributed by atoms with Crippen molar-refractivity contribution in [2.45, 2.75) is 25.4 Å². The monoisotopic (exact) mass is 281 g/mol. The summed E-state index contributed by atoms with van der Waals surface area (Å²) in [5, 5.41) is 3.51. The Morgan fingerprint density at radius 1 is 1.00 bits per heavy atom. The molecule has 0 aromatic heterocycles. The molecule has 2 nitrogen and oxygen atoms in total. The third-order valence-corrected chi connectivity index (χ3v) is 4.11. The van der Waals surface area contributed by atoms with E-state index in [9.17, 15) is 0 Å². The number of ether oxygens (including phenoxy) is 1. The molecule has 0 bridgehead atoms. The fraction of sp³-hybridized carbons (Fsp3) is 0.368. The topological polar surface area (TPSA) is 21.3 Å². The van der Waals surface area contributed by atoms with Gasteiger partial charge in [0.25, 0.3) is 0 Å². The summed E-state index contributed by atoms with van der Waals surface area (Å²) in [5.41, 5.74) is 3.88. The molecule has 1 heterocycles. The number of aryl methyl sites for hydroxylation is 1. The molecule has 1 aliphatic heterocycles. The van der Waals surface area contributed by atoms with E-state index in [2.05, 4.69) is 66.8 Å². The van der Waals surface area contributed by atoms with Gasteiger partial charge in [-0.2, -0.15) is 0 Å². The molecule has 0 radical (unpaired) electrons. The van der Waals surface area contributed by atoms with Crippen LogP contribution in [-0.4, -0.2) is 25.3 Å². The van der Waals surface area contributed by atoms with Crippen LogP contribution in [0.15, 0.2) is 54.6 Å². The van der Waals surface area contributed by atoms with Crippen molar-refractivity contribution in [2.24, 2.45) is 0 Å². The maximum absolute atomic E-state index is 6.25. The van der Waals surface area contributed by atoms with Crippen LogP contribution in [0.2, 0.25) is 0 Å². The Morgan fingerprint density at radius 3 is 2.48 bits per heavy atom. The van der Waals surface area contributed by atoms with Crippen LogP contribution < -0.4 is 5.32 Å². The van der Waals surface area contributed by atoms with Crippen molar-refractivity contribution >= 4 is 0 Å². The van der Waals surface area contributed by atoms with Crippen molar-refractivity contribution < 1.29 is 4.74 Å². The zero-order chi connectivity index (χ0) is 14.5. The third-order valence-electron chi connectivity index (χ3n) is 4.11. The van der Waals surface area contributed by atoms with Crippen molar-refractivity contribution in [3.8, 4) is 0 Å². The normalized spacial score (nSPS) is 22.1. The molecule has 3 rings (SSSR count). The van der Waals surface area contributed by atoms with Crippen LogP contribution in [0.5, 0.6) is 0 Å². The molecule has 2 aromatic carbocycles. The Labute approximate surface area is 127 Å². The van der Waals surface area contributed by atoms with E-state index in [1.165, 1.54) is 16.7 Å². The van der Waals surface area contributed by atoms with E-state index < -0.39 is 0 Å². The first kappa shape index (κ1) is 14.3. The second-order valence-corrected chi connectivity index (χ2v) is 6.04. The second kappa shape index (κ2) is 6.42. The number of hydrogen-bond acceptors (Lipinski definition) is 2. The summed E-state index contributed by atoms with van der Waals surface area (Å²) >= 11 is 0. The summed E-state index contributed by atoms with van der Waals surface area (Å²) in [4.78, 5) is 0. The highest BCUT2D eigenvalue weighted by molar-refractivity contribution is 5.26. The number of rotatable bonds is 4. The summed E-state index contributed by atoms with van der Waals surface area (Å²) in [6.45, 7) is 4.80. The van der Waals surface area contributed by atoms with Gasteiger partial charge < -0.3 is 10.1 Å². The SMILES string of the molecule is Cc1cccc(CC2(Cc3ccccc3)CNCCO2)c1. The maximum Gasteiger partial charge on any atom is 0.0887 e. The van der Waals surface area contributed by atoms with E-state index >= 15 is 0 Å². The van der Waals surface area contributed by atoms with Crippen LogP contribution in [0, 0.1) is 6.92 Å². The fourth-order valence-electron chi connectivity index (χ4n) is 3.16. The summed E-state index contributed by atoms with van der Waals surface area (Å²) in [6.07, 6.45) is 1.91. The summed E-state index contributed by atoms with van der Waals surface area (Å²) in [7, 11) is 0. The molecule has 2 aromatic rings. The number of hydrogen-bond donors (Lipinski definition) is 1. The zero-order valence-electron chi connectivity index (χ0n) is 12.6. The van der Waals surface area contributed by atoms with E-state index in [4.69, 9.17) is 4.74 Å². The third kappa shape index (κ3) is 3.72. The average molecular weight is 281 g/mol. The number of benzene rings is 2. The summed E-state index contributed by atoms with van der Waals surface area (Å²) in [6, 6.07) is 19.4. The quantitative estimate of drug-likeness (QED) is 0.929. The van der Waals surface area contributed by atoms with Crippen molar-refractivity contribution in [3.63, 3.8) is 0 Å². The second-order valence-electron chi connectivity index (χ2n) is 6.04. The lowest BCUT2D eigenvalue weighted by Gasteiger charge is -2.38. The standard InChI is InChI=1S/C19H23NO/c1-16-6-5-9-18(12-16)14-19(15-20-10-11-21-19)13-17-7-3-2-4-8-17/h2-9,12,20H,10-11,13-15H2,1H3. The largest absolute Gasteiger partial charge is 0.372 e. The molecule has 0 spiro atoms. The lowest BCUT2D eigenvalue weighted by atomic mass is 9.86. The average Bonchev–Trinajstić information content (AvgIpc) is 2.49. The zero-order valence-corrected chi connectivity index (χ0v) is 12.6. The highest BCUT2D eigenvalue weighted by atomic mass is 16.5. The van der Waals surface area contributed by atoms with Crippen molar-refractivity contribution in [1.82, 2.24) is 5.32 Å². The minimum absolute atomic E-state index is 0.132. The molecule has 1 N–H and O–H groups in total. The number of morpholine rings is 1. The van der Waals surface area contributed by atoms with Crippen LogP contribution in [0.25, 0.3) is 0 Å². The van der Waals surface area contributed by atoms with E-state index in [1.54, 1.807) is 0 Å². The van der Waals surface area contributed by atoms with E-state index in [-0.39, 0.29) is 5.60 Å². The molecule has 1 aliphatic rings. The molecule has 1 fully saturated rings. The van der Waals surface area contributed by atoms with E-state index in [0.29, 0.717) is 0 Å². The van der Waals surface area contributed by atoms with Gasteiger partial charge in [0.15, 0.2) is 0 Å². The van der Waals surface area contributed by atoms with Gasteiger partial charge in [-0.25, -0.2) is 0 Å². The van der Waals surface area contributed by atoms with Gasteiger partial charge >= 0.3 is 0 Å². The Hall–Kier alpha value is -1.64. The smallest absolute Gasteiger partial charge is 0.0887 e. The minimum atomic E-state index is -0.132. The Kier molecular flexibility index (Phi) is 4.37. The van der Waals surface area contributed by atoms with Crippen LogP contribution >= 0.6 is 0 Å². The predicted octanol–water partition coefficient (Wildman–Crippen LogP) is 3.14. The first-order valence-electron chi connectivity index (χ1n) is 7.70. The van der Waals surface area contributed by atoms with Crippen LogP contribution in [0.4, 0.5) is 0 Å². The Morgan fingerprint density at radius 2 is 1.76 bits per heavy atom. The van der Waals surface area contributed by atoms with Gasteiger partial charge in [0, 0.05) is 25.9 Å². The van der Waals surface area contributed by atoms with E-state index in [0.717, 1.165) is 32.5 Å². The van der Waals surface area contributed by atoms with Crippen LogP contribution in [-0.2, 0) is 17.6 Å². The Bertz CT molecular complexity index is 573. The van der Waals surface area contributed by atoms with E-state index in [1.807, 2.05) is 0 Å². The van der Waals surface area contributed by atoms with Gasteiger partial charge in [-0.05, 0) is 18.1 Å². The molecule has 1 atom stereocenters. The first-order chi connectivity index (χ1) is 10.3. The predicted molar refractivity (Wildman–Crippen MR) is 86.6 cm³/mol. The van der Waals surface area contributed by atoms with Gasteiger partial charge in [0.05, 0.1) is 12.2 Å². The molecular weight excluding hydrogens is 258 g/mol. The molecule has 0 aliphatic carbocycles.